The lowest BCUT2D eigenvalue weighted by molar-refractivity contribution is 0.412. The van der Waals surface area contributed by atoms with E-state index in [9.17, 15) is 4.39 Å². The van der Waals surface area contributed by atoms with Crippen molar-refractivity contribution in [3.05, 3.63) is 63.9 Å². The van der Waals surface area contributed by atoms with E-state index in [0.717, 1.165) is 34.2 Å². The minimum Gasteiger partial charge on any atom is -0.496 e. The number of halogens is 2. The van der Waals surface area contributed by atoms with Crippen molar-refractivity contribution in [2.75, 3.05) is 7.11 Å². The Labute approximate surface area is 126 Å². The lowest BCUT2D eigenvalue weighted by Gasteiger charge is -2.13. The summed E-state index contributed by atoms with van der Waals surface area (Å²) in [6.07, 6.45) is 1.49. The van der Waals surface area contributed by atoms with Crippen molar-refractivity contribution in [3.8, 4) is 5.75 Å². The molecule has 0 fully saturated rings. The predicted molar refractivity (Wildman–Crippen MR) is 82.5 cm³/mol. The van der Waals surface area contributed by atoms with Crippen LogP contribution in [0.1, 0.15) is 11.1 Å². The minimum absolute atomic E-state index is 0.000700. The molecule has 20 heavy (non-hydrogen) atoms. The minimum atomic E-state index is -0.221. The number of ether oxygens (including phenoxy) is 1. The van der Waals surface area contributed by atoms with E-state index in [-0.39, 0.29) is 11.9 Å². The fourth-order valence-electron chi connectivity index (χ4n) is 2.14. The molecule has 4 heteroatoms. The van der Waals surface area contributed by atoms with Gasteiger partial charge in [0.2, 0.25) is 0 Å². The topological polar surface area (TPSA) is 35.2 Å². The molecule has 2 N–H and O–H groups in total. The molecule has 0 amide bonds. The second kappa shape index (κ2) is 6.86. The molecule has 0 radical (unpaired) electrons. The molecule has 1 atom stereocenters. The highest BCUT2D eigenvalue weighted by Crippen LogP contribution is 2.26. The van der Waals surface area contributed by atoms with E-state index >= 15 is 0 Å². The van der Waals surface area contributed by atoms with Crippen LogP contribution in [0.5, 0.6) is 5.75 Å². The summed E-state index contributed by atoms with van der Waals surface area (Å²) in [6.45, 7) is 0. The van der Waals surface area contributed by atoms with Crippen molar-refractivity contribution >= 4 is 15.9 Å². The summed E-state index contributed by atoms with van der Waals surface area (Å²) in [7, 11) is 1.64. The summed E-state index contributed by atoms with van der Waals surface area (Å²) in [5.41, 5.74) is 8.35. The molecule has 2 rings (SSSR count). The van der Waals surface area contributed by atoms with Crippen LogP contribution in [0.25, 0.3) is 0 Å². The van der Waals surface area contributed by atoms with Gasteiger partial charge in [-0.15, -0.1) is 0 Å². The number of hydrogen-bond donors (Lipinski definition) is 1. The van der Waals surface area contributed by atoms with Crippen LogP contribution in [0.4, 0.5) is 4.39 Å². The van der Waals surface area contributed by atoms with Crippen molar-refractivity contribution in [1.29, 1.82) is 0 Å². The standard InChI is InChI=1S/C16H17BrFNO/c1-20-16-7-4-12(10-15(16)17)9-14(19)8-11-2-5-13(18)6-3-11/h2-7,10,14H,8-9,19H2,1H3. The first kappa shape index (κ1) is 15.0. The molecular formula is C16H17BrFNO. The monoisotopic (exact) mass is 337 g/mol. The van der Waals surface area contributed by atoms with Gasteiger partial charge in [0.05, 0.1) is 11.6 Å². The van der Waals surface area contributed by atoms with Crippen molar-refractivity contribution in [2.24, 2.45) is 5.73 Å². The van der Waals surface area contributed by atoms with Gasteiger partial charge in [0.1, 0.15) is 11.6 Å². The molecule has 106 valence electrons. The Morgan fingerprint density at radius 1 is 1.10 bits per heavy atom. The maximum Gasteiger partial charge on any atom is 0.133 e. The average Bonchev–Trinajstić information content (AvgIpc) is 2.41. The van der Waals surface area contributed by atoms with Crippen LogP contribution in [0.3, 0.4) is 0 Å². The van der Waals surface area contributed by atoms with Crippen LogP contribution in [-0.4, -0.2) is 13.2 Å². The van der Waals surface area contributed by atoms with E-state index in [1.165, 1.54) is 12.1 Å². The molecule has 0 aliphatic rings. The summed E-state index contributed by atoms with van der Waals surface area (Å²) in [4.78, 5) is 0. The van der Waals surface area contributed by atoms with E-state index in [0.29, 0.717) is 0 Å². The highest BCUT2D eigenvalue weighted by Gasteiger charge is 2.08. The quantitative estimate of drug-likeness (QED) is 0.902. The van der Waals surface area contributed by atoms with Crippen LogP contribution in [0.15, 0.2) is 46.9 Å². The third kappa shape index (κ3) is 4.05. The molecule has 0 saturated carbocycles. The molecule has 0 aliphatic heterocycles. The van der Waals surface area contributed by atoms with Crippen LogP contribution < -0.4 is 10.5 Å². The van der Waals surface area contributed by atoms with E-state index in [2.05, 4.69) is 15.9 Å². The van der Waals surface area contributed by atoms with Gasteiger partial charge in [-0.05, 0) is 64.2 Å². The molecular weight excluding hydrogens is 321 g/mol. The predicted octanol–water partition coefficient (Wildman–Crippen LogP) is 3.71. The first-order valence-electron chi connectivity index (χ1n) is 6.41. The van der Waals surface area contributed by atoms with Gasteiger partial charge >= 0.3 is 0 Å². The Kier molecular flexibility index (Phi) is 5.15. The fraction of sp³-hybridized carbons (Fsp3) is 0.250. The Morgan fingerprint density at radius 2 is 1.70 bits per heavy atom. The van der Waals surface area contributed by atoms with Crippen molar-refractivity contribution in [3.63, 3.8) is 0 Å². The van der Waals surface area contributed by atoms with Crippen molar-refractivity contribution < 1.29 is 9.13 Å². The highest BCUT2D eigenvalue weighted by atomic mass is 79.9. The second-order valence-electron chi connectivity index (χ2n) is 4.76. The first-order chi connectivity index (χ1) is 9.58. The molecule has 2 aromatic rings. The number of rotatable bonds is 5. The van der Waals surface area contributed by atoms with Gasteiger partial charge in [0, 0.05) is 6.04 Å². The Morgan fingerprint density at radius 3 is 2.30 bits per heavy atom. The lowest BCUT2D eigenvalue weighted by atomic mass is 10.00. The Bertz CT molecular complexity index is 571. The largest absolute Gasteiger partial charge is 0.496 e. The third-order valence-corrected chi connectivity index (χ3v) is 3.74. The summed E-state index contributed by atoms with van der Waals surface area (Å²) in [5.74, 6) is 0.585. The summed E-state index contributed by atoms with van der Waals surface area (Å²) < 4.78 is 19.0. The fourth-order valence-corrected chi connectivity index (χ4v) is 2.72. The SMILES string of the molecule is COc1ccc(CC(N)Cc2ccc(F)cc2)cc1Br. The van der Waals surface area contributed by atoms with Crippen molar-refractivity contribution in [2.45, 2.75) is 18.9 Å². The third-order valence-electron chi connectivity index (χ3n) is 3.13. The molecule has 0 aliphatic carbocycles. The van der Waals surface area contributed by atoms with Crippen LogP contribution in [0.2, 0.25) is 0 Å². The number of benzene rings is 2. The zero-order valence-corrected chi connectivity index (χ0v) is 12.9. The van der Waals surface area contributed by atoms with Crippen LogP contribution >= 0.6 is 15.9 Å². The maximum absolute atomic E-state index is 12.8. The second-order valence-corrected chi connectivity index (χ2v) is 5.62. The van der Waals surface area contributed by atoms with Crippen LogP contribution in [-0.2, 0) is 12.8 Å². The average molecular weight is 338 g/mol. The van der Waals surface area contributed by atoms with Gasteiger partial charge in [-0.3, -0.25) is 0 Å². The van der Waals surface area contributed by atoms with Gasteiger partial charge in [-0.1, -0.05) is 18.2 Å². The van der Waals surface area contributed by atoms with Gasteiger partial charge in [-0.25, -0.2) is 4.39 Å². The van der Waals surface area contributed by atoms with Crippen molar-refractivity contribution in [1.82, 2.24) is 0 Å². The van der Waals surface area contributed by atoms with Gasteiger partial charge in [0.15, 0.2) is 0 Å². The molecule has 2 nitrogen and oxygen atoms in total. The smallest absolute Gasteiger partial charge is 0.133 e. The molecule has 0 spiro atoms. The maximum atomic E-state index is 12.8. The number of hydrogen-bond acceptors (Lipinski definition) is 2. The number of nitrogens with two attached hydrogens (primary N) is 1. The van der Waals surface area contributed by atoms with E-state index in [4.69, 9.17) is 10.5 Å². The summed E-state index contributed by atoms with van der Waals surface area (Å²) in [6, 6.07) is 12.4. The molecule has 2 aromatic carbocycles. The van der Waals surface area contributed by atoms with E-state index in [1.54, 1.807) is 19.2 Å². The number of methoxy groups -OCH3 is 1. The van der Waals surface area contributed by atoms with Gasteiger partial charge < -0.3 is 10.5 Å². The van der Waals surface area contributed by atoms with E-state index < -0.39 is 0 Å². The summed E-state index contributed by atoms with van der Waals surface area (Å²) in [5, 5.41) is 0. The zero-order chi connectivity index (χ0) is 14.5. The first-order valence-corrected chi connectivity index (χ1v) is 7.20. The van der Waals surface area contributed by atoms with E-state index in [1.807, 2.05) is 18.2 Å². The zero-order valence-electron chi connectivity index (χ0n) is 11.3. The summed E-state index contributed by atoms with van der Waals surface area (Å²) >= 11 is 3.46. The molecule has 0 saturated heterocycles. The Hall–Kier alpha value is -1.39. The normalized spacial score (nSPS) is 12.2. The van der Waals surface area contributed by atoms with Gasteiger partial charge in [0.25, 0.3) is 0 Å². The molecule has 0 bridgehead atoms. The lowest BCUT2D eigenvalue weighted by Crippen LogP contribution is -2.25. The molecule has 1 unspecified atom stereocenters. The van der Waals surface area contributed by atoms with Gasteiger partial charge in [-0.2, -0.15) is 0 Å². The highest BCUT2D eigenvalue weighted by molar-refractivity contribution is 9.10. The molecule has 0 heterocycles. The van der Waals surface area contributed by atoms with Crippen LogP contribution in [0, 0.1) is 5.82 Å². The Balaban J connectivity index is 1.99. The molecule has 0 aromatic heterocycles.